The van der Waals surface area contributed by atoms with Crippen LogP contribution in [-0.2, 0) is 15.8 Å². The van der Waals surface area contributed by atoms with Crippen LogP contribution in [0.1, 0.15) is 12.5 Å². The largest absolute Gasteiger partial charge is 0.508 e. The highest BCUT2D eigenvalue weighted by Gasteiger charge is 2.45. The predicted molar refractivity (Wildman–Crippen MR) is 67.7 cm³/mol. The Bertz CT molecular complexity index is 510. The lowest BCUT2D eigenvalue weighted by Gasteiger charge is -2.34. The van der Waals surface area contributed by atoms with E-state index in [1.165, 1.54) is 31.2 Å². The number of carboxylic acid groups (broad SMARTS) is 1. The Morgan fingerprint density at radius 1 is 1.32 bits per heavy atom. The Balaban J connectivity index is 3.11. The fourth-order valence-electron chi connectivity index (χ4n) is 1.63. The molecule has 0 saturated heterocycles. The van der Waals surface area contributed by atoms with E-state index in [2.05, 4.69) is 0 Å². The summed E-state index contributed by atoms with van der Waals surface area (Å²) in [5, 5.41) is 18.4. The maximum Gasteiger partial charge on any atom is 0.403 e. The summed E-state index contributed by atoms with van der Waals surface area (Å²) in [7, 11) is -3.61. The minimum absolute atomic E-state index is 0.0316. The number of phenols is 1. The molecule has 0 radical (unpaired) electrons. The lowest BCUT2D eigenvalue weighted by Crippen LogP contribution is -2.50. The van der Waals surface area contributed by atoms with E-state index < -0.39 is 19.3 Å². The van der Waals surface area contributed by atoms with Gasteiger partial charge in [-0.1, -0.05) is 12.1 Å². The molecule has 0 aliphatic rings. The van der Waals surface area contributed by atoms with E-state index in [9.17, 15) is 14.5 Å². The number of benzene rings is 1. The lowest BCUT2D eigenvalue weighted by atomic mass is 9.93. The molecule has 0 amide bonds. The Kier molecular flexibility index (Phi) is 4.37. The van der Waals surface area contributed by atoms with Crippen LogP contribution in [0, 0.1) is 0 Å². The zero-order valence-corrected chi connectivity index (χ0v) is 11.4. The second kappa shape index (κ2) is 5.30. The van der Waals surface area contributed by atoms with E-state index in [0.717, 1.165) is 7.05 Å². The summed E-state index contributed by atoms with van der Waals surface area (Å²) in [6.07, 6.45) is -0.107. The predicted octanol–water partition coefficient (Wildman–Crippen LogP) is 0.802. The van der Waals surface area contributed by atoms with Gasteiger partial charge in [0.25, 0.3) is 0 Å². The molecule has 1 aromatic carbocycles. The third-order valence-electron chi connectivity index (χ3n) is 3.05. The summed E-state index contributed by atoms with van der Waals surface area (Å²) in [6, 6.07) is 5.78. The van der Waals surface area contributed by atoms with Crippen molar-refractivity contribution in [2.45, 2.75) is 18.9 Å². The molecule has 0 aromatic heterocycles. The van der Waals surface area contributed by atoms with Crippen LogP contribution in [0.2, 0.25) is 0 Å². The van der Waals surface area contributed by atoms with Crippen molar-refractivity contribution < 1.29 is 29.4 Å². The Hall–Kier alpha value is -1.40. The summed E-state index contributed by atoms with van der Waals surface area (Å²) in [5.41, 5.74) is -1.21. The van der Waals surface area contributed by atoms with Gasteiger partial charge in [-0.25, -0.2) is 4.57 Å². The van der Waals surface area contributed by atoms with Crippen LogP contribution in [0.15, 0.2) is 24.3 Å². The average molecular weight is 289 g/mol. The van der Waals surface area contributed by atoms with Gasteiger partial charge in [-0.3, -0.25) is 4.79 Å². The molecule has 0 heterocycles. The van der Waals surface area contributed by atoms with Crippen molar-refractivity contribution in [3.8, 4) is 5.75 Å². The summed E-state index contributed by atoms with van der Waals surface area (Å²) in [6.45, 7) is 1.24. The highest BCUT2D eigenvalue weighted by molar-refractivity contribution is 7.49. The maximum atomic E-state index is 11.3. The standard InChI is InChI=1S/C11H16NO6P/c1-11(10(14)15,12(2)19(16,17)18)7-8-3-5-9(13)6-4-8/h3-6,13H,7H2,1-2H3,(H,14,15)(H2,16,17,18)/t11-/m0/s1. The molecule has 1 rings (SSSR count). The Labute approximate surface area is 110 Å². The first kappa shape index (κ1) is 15.7. The smallest absolute Gasteiger partial charge is 0.403 e. The second-order valence-corrected chi connectivity index (χ2v) is 6.09. The van der Waals surface area contributed by atoms with Crippen LogP contribution in [0.25, 0.3) is 0 Å². The van der Waals surface area contributed by atoms with Gasteiger partial charge in [0.15, 0.2) is 0 Å². The van der Waals surface area contributed by atoms with Gasteiger partial charge in [0.2, 0.25) is 0 Å². The topological polar surface area (TPSA) is 118 Å². The Morgan fingerprint density at radius 3 is 2.16 bits per heavy atom. The normalized spacial score (nSPS) is 15.2. The fraction of sp³-hybridized carbons (Fsp3) is 0.364. The van der Waals surface area contributed by atoms with Crippen molar-refractivity contribution in [1.82, 2.24) is 4.67 Å². The third-order valence-corrected chi connectivity index (χ3v) is 4.27. The fourth-order valence-corrected chi connectivity index (χ4v) is 2.36. The highest BCUT2D eigenvalue weighted by Crippen LogP contribution is 2.44. The van der Waals surface area contributed by atoms with Crippen molar-refractivity contribution in [2.75, 3.05) is 7.05 Å². The molecule has 0 fully saturated rings. The Morgan fingerprint density at radius 2 is 1.79 bits per heavy atom. The van der Waals surface area contributed by atoms with Crippen LogP contribution >= 0.6 is 7.75 Å². The molecule has 0 aliphatic carbocycles. The SMILES string of the molecule is CN([C@@](C)(Cc1ccc(O)cc1)C(=O)O)P(=O)(O)O. The number of likely N-dealkylation sites (N-methyl/N-ethyl adjacent to an activating group) is 1. The lowest BCUT2D eigenvalue weighted by molar-refractivity contribution is -0.147. The van der Waals surface area contributed by atoms with E-state index in [4.69, 9.17) is 14.9 Å². The molecule has 0 bridgehead atoms. The maximum absolute atomic E-state index is 11.3. The molecule has 0 spiro atoms. The van der Waals surface area contributed by atoms with Crippen molar-refractivity contribution in [3.05, 3.63) is 29.8 Å². The number of aromatic hydroxyl groups is 1. The van der Waals surface area contributed by atoms with E-state index in [1.807, 2.05) is 0 Å². The first-order valence-electron chi connectivity index (χ1n) is 5.38. The van der Waals surface area contributed by atoms with Crippen molar-refractivity contribution in [1.29, 1.82) is 0 Å². The highest BCUT2D eigenvalue weighted by atomic mass is 31.2. The van der Waals surface area contributed by atoms with E-state index in [-0.39, 0.29) is 12.2 Å². The number of aliphatic carboxylic acids is 1. The number of carbonyl (C=O) groups is 1. The monoisotopic (exact) mass is 289 g/mol. The number of hydrogen-bond donors (Lipinski definition) is 4. The van der Waals surface area contributed by atoms with Crippen molar-refractivity contribution in [3.63, 3.8) is 0 Å². The average Bonchev–Trinajstić information content (AvgIpc) is 2.29. The number of phenolic OH excluding ortho intramolecular Hbond substituents is 1. The van der Waals surface area contributed by atoms with Crippen LogP contribution < -0.4 is 0 Å². The molecule has 4 N–H and O–H groups in total. The van der Waals surface area contributed by atoms with E-state index >= 15 is 0 Å². The molecular formula is C11H16NO6P. The number of nitrogens with zero attached hydrogens (tertiary/aromatic N) is 1. The molecule has 0 unspecified atom stereocenters. The molecule has 1 atom stereocenters. The summed E-state index contributed by atoms with van der Waals surface area (Å²) >= 11 is 0. The molecule has 0 saturated carbocycles. The number of carboxylic acids is 1. The molecule has 106 valence electrons. The van der Waals surface area contributed by atoms with Crippen LogP contribution in [-0.4, -0.2) is 43.2 Å². The molecular weight excluding hydrogens is 273 g/mol. The van der Waals surface area contributed by atoms with Gasteiger partial charge in [-0.15, -0.1) is 0 Å². The summed E-state index contributed by atoms with van der Waals surface area (Å²) in [4.78, 5) is 29.6. The number of rotatable bonds is 5. The van der Waals surface area contributed by atoms with Gasteiger partial charge >= 0.3 is 13.7 Å². The number of hydrogen-bond acceptors (Lipinski definition) is 3. The zero-order valence-electron chi connectivity index (χ0n) is 10.5. The van der Waals surface area contributed by atoms with Gasteiger partial charge < -0.3 is 20.0 Å². The van der Waals surface area contributed by atoms with E-state index in [0.29, 0.717) is 10.2 Å². The van der Waals surface area contributed by atoms with Gasteiger partial charge in [0.1, 0.15) is 11.3 Å². The van der Waals surface area contributed by atoms with Gasteiger partial charge in [-0.05, 0) is 31.7 Å². The van der Waals surface area contributed by atoms with Crippen molar-refractivity contribution in [2.24, 2.45) is 0 Å². The second-order valence-electron chi connectivity index (χ2n) is 4.46. The van der Waals surface area contributed by atoms with Gasteiger partial charge in [-0.2, -0.15) is 4.67 Å². The van der Waals surface area contributed by atoms with E-state index in [1.54, 1.807) is 0 Å². The van der Waals surface area contributed by atoms with Crippen LogP contribution in [0.3, 0.4) is 0 Å². The summed E-state index contributed by atoms with van der Waals surface area (Å²) in [5.74, 6) is -1.31. The van der Waals surface area contributed by atoms with Crippen LogP contribution in [0.4, 0.5) is 0 Å². The molecule has 8 heteroatoms. The first-order chi connectivity index (χ1) is 8.57. The van der Waals surface area contributed by atoms with Crippen molar-refractivity contribution >= 4 is 13.7 Å². The van der Waals surface area contributed by atoms with Gasteiger partial charge in [0, 0.05) is 6.42 Å². The molecule has 7 nitrogen and oxygen atoms in total. The molecule has 19 heavy (non-hydrogen) atoms. The molecule has 1 aromatic rings. The quantitative estimate of drug-likeness (QED) is 0.592. The van der Waals surface area contributed by atoms with Crippen LogP contribution in [0.5, 0.6) is 5.75 Å². The zero-order chi connectivity index (χ0) is 14.8. The minimum atomic E-state index is -4.68. The minimum Gasteiger partial charge on any atom is -0.508 e. The first-order valence-corrected chi connectivity index (χ1v) is 6.95. The molecule has 0 aliphatic heterocycles. The third kappa shape index (κ3) is 3.54. The summed E-state index contributed by atoms with van der Waals surface area (Å²) < 4.78 is 11.8. The van der Waals surface area contributed by atoms with Gasteiger partial charge in [0.05, 0.1) is 0 Å².